The van der Waals surface area contributed by atoms with Gasteiger partial charge in [0.15, 0.2) is 11.0 Å². The highest BCUT2D eigenvalue weighted by molar-refractivity contribution is 7.99. The minimum atomic E-state index is -0.548. The molecule has 1 aliphatic carbocycles. The Morgan fingerprint density at radius 3 is 2.77 bits per heavy atom. The first-order valence-corrected chi connectivity index (χ1v) is 10.8. The Kier molecular flexibility index (Phi) is 7.39. The fourth-order valence-electron chi connectivity index (χ4n) is 3.29. The predicted molar refractivity (Wildman–Crippen MR) is 111 cm³/mol. The number of carbonyl (C=O) groups excluding carboxylic acids is 2. The second-order valence-corrected chi connectivity index (χ2v) is 8.08. The maximum atomic E-state index is 12.3. The zero-order valence-electron chi connectivity index (χ0n) is 16.7. The summed E-state index contributed by atoms with van der Waals surface area (Å²) in [5.74, 6) is 0.310. The van der Waals surface area contributed by atoms with Crippen LogP contribution in [-0.4, -0.2) is 43.3 Å². The van der Waals surface area contributed by atoms with Gasteiger partial charge in [0.05, 0.1) is 17.2 Å². The van der Waals surface area contributed by atoms with Crippen molar-refractivity contribution in [2.75, 3.05) is 5.75 Å². The fraction of sp³-hybridized carbons (Fsp3) is 0.474. The molecule has 2 aromatic rings. The molecule has 1 aromatic heterocycles. The molecule has 0 bridgehead atoms. The number of aromatic nitrogens is 3. The van der Waals surface area contributed by atoms with Gasteiger partial charge < -0.3 is 15.2 Å². The molecule has 1 aliphatic rings. The number of nitro benzene ring substituents is 1. The van der Waals surface area contributed by atoms with E-state index in [1.54, 1.807) is 11.6 Å². The smallest absolute Gasteiger partial charge is 0.270 e. The zero-order valence-corrected chi connectivity index (χ0v) is 17.5. The van der Waals surface area contributed by atoms with Crippen molar-refractivity contribution >= 4 is 29.3 Å². The summed E-state index contributed by atoms with van der Waals surface area (Å²) < 4.78 is 1.71. The Labute approximate surface area is 178 Å². The Bertz CT molecular complexity index is 925. The van der Waals surface area contributed by atoms with Crippen LogP contribution >= 0.6 is 11.8 Å². The van der Waals surface area contributed by atoms with Crippen molar-refractivity contribution in [2.45, 2.75) is 49.8 Å². The maximum absolute atomic E-state index is 12.3. The Morgan fingerprint density at radius 1 is 1.27 bits per heavy atom. The lowest BCUT2D eigenvalue weighted by molar-refractivity contribution is -0.384. The molecule has 0 spiro atoms. The van der Waals surface area contributed by atoms with Gasteiger partial charge in [-0.05, 0) is 18.9 Å². The standard InChI is InChI=1S/C19H24N6O4S/c1-24-16(11-20-18(27)13-6-5-9-15(10-13)25(28)29)22-23-19(24)30-12-17(26)21-14-7-3-2-4-8-14/h5-6,9-10,14H,2-4,7-8,11-12H2,1H3,(H,20,27)(H,21,26). The Morgan fingerprint density at radius 2 is 2.03 bits per heavy atom. The number of nitrogens with one attached hydrogen (secondary N) is 2. The van der Waals surface area contributed by atoms with Crippen LogP contribution in [0.5, 0.6) is 0 Å². The third-order valence-electron chi connectivity index (χ3n) is 4.95. The van der Waals surface area contributed by atoms with Gasteiger partial charge in [0.2, 0.25) is 5.91 Å². The Balaban J connectivity index is 1.50. The van der Waals surface area contributed by atoms with Gasteiger partial charge in [-0.3, -0.25) is 19.7 Å². The molecule has 0 radical (unpaired) electrons. The van der Waals surface area contributed by atoms with Crippen molar-refractivity contribution in [1.82, 2.24) is 25.4 Å². The number of rotatable bonds is 8. The van der Waals surface area contributed by atoms with Crippen molar-refractivity contribution in [3.8, 4) is 0 Å². The number of benzene rings is 1. The number of nitrogens with zero attached hydrogens (tertiary/aromatic N) is 4. The fourth-order valence-corrected chi connectivity index (χ4v) is 4.03. The average molecular weight is 433 g/mol. The van der Waals surface area contributed by atoms with Crippen molar-refractivity contribution < 1.29 is 14.5 Å². The maximum Gasteiger partial charge on any atom is 0.270 e. The molecule has 11 heteroatoms. The van der Waals surface area contributed by atoms with Crippen LogP contribution in [0, 0.1) is 10.1 Å². The molecule has 2 N–H and O–H groups in total. The van der Waals surface area contributed by atoms with E-state index < -0.39 is 10.8 Å². The van der Waals surface area contributed by atoms with Gasteiger partial charge in [-0.15, -0.1) is 10.2 Å². The summed E-state index contributed by atoms with van der Waals surface area (Å²) in [6, 6.07) is 5.78. The molecule has 1 heterocycles. The number of amides is 2. The number of hydrogen-bond acceptors (Lipinski definition) is 7. The van der Waals surface area contributed by atoms with E-state index in [9.17, 15) is 19.7 Å². The van der Waals surface area contributed by atoms with Gasteiger partial charge >= 0.3 is 0 Å². The highest BCUT2D eigenvalue weighted by Crippen LogP contribution is 2.19. The molecule has 10 nitrogen and oxygen atoms in total. The molecule has 1 fully saturated rings. The molecule has 0 unspecified atom stereocenters. The quantitative estimate of drug-likeness (QED) is 0.371. The zero-order chi connectivity index (χ0) is 21.5. The van der Waals surface area contributed by atoms with Gasteiger partial charge in [0, 0.05) is 30.8 Å². The summed E-state index contributed by atoms with van der Waals surface area (Å²) >= 11 is 1.29. The van der Waals surface area contributed by atoms with Crippen LogP contribution in [0.2, 0.25) is 0 Å². The molecule has 0 aliphatic heterocycles. The summed E-state index contributed by atoms with van der Waals surface area (Å²) in [5, 5.41) is 25.3. The molecule has 30 heavy (non-hydrogen) atoms. The van der Waals surface area contributed by atoms with E-state index in [2.05, 4.69) is 20.8 Å². The minimum Gasteiger partial charge on any atom is -0.353 e. The lowest BCUT2D eigenvalue weighted by atomic mass is 9.95. The lowest BCUT2D eigenvalue weighted by Crippen LogP contribution is -2.37. The summed E-state index contributed by atoms with van der Waals surface area (Å²) in [7, 11) is 1.76. The first-order valence-electron chi connectivity index (χ1n) is 9.77. The predicted octanol–water partition coefficient (Wildman–Crippen LogP) is 2.19. The summed E-state index contributed by atoms with van der Waals surface area (Å²) in [5.41, 5.74) is 0.0480. The van der Waals surface area contributed by atoms with Gasteiger partial charge in [-0.1, -0.05) is 37.1 Å². The van der Waals surface area contributed by atoms with Crippen LogP contribution < -0.4 is 10.6 Å². The van der Waals surface area contributed by atoms with E-state index in [0.29, 0.717) is 11.0 Å². The molecule has 0 saturated heterocycles. The van der Waals surface area contributed by atoms with Gasteiger partial charge in [0.25, 0.3) is 11.6 Å². The number of non-ortho nitro benzene ring substituents is 1. The van der Waals surface area contributed by atoms with Crippen molar-refractivity contribution in [2.24, 2.45) is 7.05 Å². The monoisotopic (exact) mass is 432 g/mol. The third kappa shape index (κ3) is 5.78. The number of thioether (sulfide) groups is 1. The third-order valence-corrected chi connectivity index (χ3v) is 5.97. The minimum absolute atomic E-state index is 0.0181. The van der Waals surface area contributed by atoms with Crippen molar-refractivity contribution in [3.63, 3.8) is 0 Å². The lowest BCUT2D eigenvalue weighted by Gasteiger charge is -2.22. The largest absolute Gasteiger partial charge is 0.353 e. The average Bonchev–Trinajstić information content (AvgIpc) is 3.10. The molecule has 1 saturated carbocycles. The molecule has 0 atom stereocenters. The van der Waals surface area contributed by atoms with Crippen LogP contribution in [-0.2, 0) is 18.4 Å². The molecular formula is C19H24N6O4S. The summed E-state index contributed by atoms with van der Waals surface area (Å²) in [6.45, 7) is 0.111. The topological polar surface area (TPSA) is 132 Å². The highest BCUT2D eigenvalue weighted by atomic mass is 32.2. The molecule has 3 rings (SSSR count). The van der Waals surface area contributed by atoms with E-state index in [-0.39, 0.29) is 35.5 Å². The van der Waals surface area contributed by atoms with Crippen LogP contribution in [0.25, 0.3) is 0 Å². The van der Waals surface area contributed by atoms with Gasteiger partial charge in [-0.25, -0.2) is 0 Å². The van der Waals surface area contributed by atoms with E-state index >= 15 is 0 Å². The van der Waals surface area contributed by atoms with Gasteiger partial charge in [0.1, 0.15) is 0 Å². The number of nitro groups is 1. The highest BCUT2D eigenvalue weighted by Gasteiger charge is 2.18. The van der Waals surface area contributed by atoms with E-state index in [1.165, 1.54) is 42.4 Å². The van der Waals surface area contributed by atoms with E-state index in [1.807, 2.05) is 0 Å². The first-order chi connectivity index (χ1) is 14.4. The Hall–Kier alpha value is -2.95. The van der Waals surface area contributed by atoms with E-state index in [0.717, 1.165) is 25.7 Å². The molecule has 2 amide bonds. The SMILES string of the molecule is Cn1c(CNC(=O)c2cccc([N+](=O)[O-])c2)nnc1SCC(=O)NC1CCCCC1. The summed E-state index contributed by atoms with van der Waals surface area (Å²) in [6.07, 6.45) is 5.63. The van der Waals surface area contributed by atoms with Crippen molar-refractivity contribution in [3.05, 3.63) is 45.8 Å². The van der Waals surface area contributed by atoms with Gasteiger partial charge in [-0.2, -0.15) is 0 Å². The van der Waals surface area contributed by atoms with Crippen molar-refractivity contribution in [1.29, 1.82) is 0 Å². The first kappa shape index (κ1) is 21.8. The summed E-state index contributed by atoms with van der Waals surface area (Å²) in [4.78, 5) is 34.7. The molecule has 1 aromatic carbocycles. The van der Waals surface area contributed by atoms with Crippen LogP contribution in [0.1, 0.15) is 48.3 Å². The normalized spacial score (nSPS) is 14.3. The second kappa shape index (κ2) is 10.2. The molecule has 160 valence electrons. The number of carbonyl (C=O) groups is 2. The molecular weight excluding hydrogens is 408 g/mol. The number of hydrogen-bond donors (Lipinski definition) is 2. The second-order valence-electron chi connectivity index (χ2n) is 7.14. The van der Waals surface area contributed by atoms with E-state index in [4.69, 9.17) is 0 Å². The van der Waals surface area contributed by atoms with Crippen LogP contribution in [0.15, 0.2) is 29.4 Å². The van der Waals surface area contributed by atoms with Crippen LogP contribution in [0.4, 0.5) is 5.69 Å². The van der Waals surface area contributed by atoms with Crippen LogP contribution in [0.3, 0.4) is 0 Å².